The molecule has 1 aliphatic heterocycles. The monoisotopic (exact) mass is 571 g/mol. The molecule has 40 heavy (non-hydrogen) atoms. The quantitative estimate of drug-likeness (QED) is 0.208. The molecule has 0 radical (unpaired) electrons. The van der Waals surface area contributed by atoms with Crippen LogP contribution in [0, 0.1) is 6.92 Å². The predicted molar refractivity (Wildman–Crippen MR) is 163 cm³/mol. The van der Waals surface area contributed by atoms with Crippen LogP contribution in [0.1, 0.15) is 74.3 Å². The molecule has 1 fully saturated rings. The van der Waals surface area contributed by atoms with Gasteiger partial charge in [-0.05, 0) is 80.4 Å². The van der Waals surface area contributed by atoms with Gasteiger partial charge in [0.15, 0.2) is 11.5 Å². The van der Waals surface area contributed by atoms with Gasteiger partial charge in [-0.1, -0.05) is 38.7 Å². The molecule has 1 saturated heterocycles. The standard InChI is InChI=1S/C32H49N3O4S/c1-5-6-7-8-9-12-31(36)35(21-20-33-17-10-11-18-33)25-32(37)34(24-30-26(2)16-22-40-30)19-15-27-13-14-28(38-3)29(23-27)39-4/h13-14,16,22-23H,5-12,15,17-21,24-25H2,1-4H3. The van der Waals surface area contributed by atoms with Gasteiger partial charge < -0.3 is 24.2 Å². The van der Waals surface area contributed by atoms with Crippen molar-refractivity contribution in [3.63, 3.8) is 0 Å². The zero-order valence-corrected chi connectivity index (χ0v) is 25.9. The molecule has 1 aromatic carbocycles. The highest BCUT2D eigenvalue weighted by Crippen LogP contribution is 2.28. The van der Waals surface area contributed by atoms with Crippen LogP contribution in [0.4, 0.5) is 0 Å². The average molecular weight is 572 g/mol. The number of likely N-dealkylation sites (tertiary alicyclic amines) is 1. The van der Waals surface area contributed by atoms with E-state index in [1.807, 2.05) is 28.0 Å². The van der Waals surface area contributed by atoms with E-state index in [4.69, 9.17) is 9.47 Å². The summed E-state index contributed by atoms with van der Waals surface area (Å²) in [7, 11) is 3.26. The lowest BCUT2D eigenvalue weighted by Crippen LogP contribution is -2.45. The summed E-state index contributed by atoms with van der Waals surface area (Å²) < 4.78 is 10.9. The Morgan fingerprint density at radius 3 is 2.35 bits per heavy atom. The normalized spacial score (nSPS) is 13.4. The number of aryl methyl sites for hydroxylation is 1. The number of rotatable bonds is 18. The van der Waals surface area contributed by atoms with E-state index in [0.717, 1.165) is 38.0 Å². The molecule has 3 rings (SSSR count). The minimum atomic E-state index is 0.00836. The molecule has 7 nitrogen and oxygen atoms in total. The number of carbonyl (C=O) groups is 2. The Labute approximate surface area is 245 Å². The van der Waals surface area contributed by atoms with Crippen LogP contribution in [0.2, 0.25) is 0 Å². The topological polar surface area (TPSA) is 62.3 Å². The Hall–Kier alpha value is -2.58. The number of thiophene rings is 1. The zero-order valence-electron chi connectivity index (χ0n) is 25.1. The fourth-order valence-corrected chi connectivity index (χ4v) is 6.11. The van der Waals surface area contributed by atoms with Crippen molar-refractivity contribution in [3.8, 4) is 11.5 Å². The van der Waals surface area contributed by atoms with Crippen molar-refractivity contribution in [3.05, 3.63) is 45.6 Å². The van der Waals surface area contributed by atoms with Crippen LogP contribution in [0.3, 0.4) is 0 Å². The molecule has 1 aromatic heterocycles. The highest BCUT2D eigenvalue weighted by molar-refractivity contribution is 7.10. The first kappa shape index (κ1) is 31.9. The maximum Gasteiger partial charge on any atom is 0.242 e. The van der Waals surface area contributed by atoms with Crippen molar-refractivity contribution in [1.82, 2.24) is 14.7 Å². The van der Waals surface area contributed by atoms with E-state index >= 15 is 0 Å². The van der Waals surface area contributed by atoms with Gasteiger partial charge in [-0.2, -0.15) is 0 Å². The summed E-state index contributed by atoms with van der Waals surface area (Å²) in [5.74, 6) is 1.49. The third kappa shape index (κ3) is 10.1. The smallest absolute Gasteiger partial charge is 0.242 e. The lowest BCUT2D eigenvalue weighted by molar-refractivity contribution is -0.141. The molecule has 2 amide bonds. The van der Waals surface area contributed by atoms with E-state index in [9.17, 15) is 9.59 Å². The third-order valence-corrected chi connectivity index (χ3v) is 8.84. The van der Waals surface area contributed by atoms with Gasteiger partial charge in [0, 0.05) is 30.9 Å². The maximum absolute atomic E-state index is 13.8. The number of carbonyl (C=O) groups excluding carboxylic acids is 2. The van der Waals surface area contributed by atoms with Crippen LogP contribution >= 0.6 is 11.3 Å². The van der Waals surface area contributed by atoms with Gasteiger partial charge in [0.05, 0.1) is 27.3 Å². The number of hydrogen-bond donors (Lipinski definition) is 0. The minimum absolute atomic E-state index is 0.00836. The molecule has 2 heterocycles. The third-order valence-electron chi connectivity index (χ3n) is 7.83. The minimum Gasteiger partial charge on any atom is -0.493 e. The molecule has 0 saturated carbocycles. The molecule has 0 atom stereocenters. The number of methoxy groups -OCH3 is 2. The molecule has 8 heteroatoms. The lowest BCUT2D eigenvalue weighted by atomic mass is 10.1. The van der Waals surface area contributed by atoms with Crippen LogP contribution in [0.5, 0.6) is 11.5 Å². The first-order valence-corrected chi connectivity index (χ1v) is 15.8. The molecule has 222 valence electrons. The van der Waals surface area contributed by atoms with Crippen LogP contribution in [-0.4, -0.2) is 80.0 Å². The average Bonchev–Trinajstić information content (AvgIpc) is 3.64. The first-order chi connectivity index (χ1) is 19.4. The van der Waals surface area contributed by atoms with Crippen LogP contribution < -0.4 is 9.47 Å². The van der Waals surface area contributed by atoms with Crippen LogP contribution in [-0.2, 0) is 22.6 Å². The van der Waals surface area contributed by atoms with E-state index in [1.165, 1.54) is 42.5 Å². The summed E-state index contributed by atoms with van der Waals surface area (Å²) in [5, 5.41) is 2.08. The summed E-state index contributed by atoms with van der Waals surface area (Å²) in [6, 6.07) is 8.00. The van der Waals surface area contributed by atoms with Crippen molar-refractivity contribution in [2.45, 2.75) is 78.2 Å². The van der Waals surface area contributed by atoms with E-state index in [1.54, 1.807) is 25.6 Å². The molecule has 0 bridgehead atoms. The van der Waals surface area contributed by atoms with Crippen molar-refractivity contribution >= 4 is 23.2 Å². The Morgan fingerprint density at radius 1 is 0.925 bits per heavy atom. The highest BCUT2D eigenvalue weighted by Gasteiger charge is 2.23. The Kier molecular flexibility index (Phi) is 13.8. The van der Waals surface area contributed by atoms with E-state index in [0.29, 0.717) is 44.0 Å². The van der Waals surface area contributed by atoms with Gasteiger partial charge in [0.1, 0.15) is 0 Å². The molecule has 0 spiro atoms. The number of ether oxygens (including phenoxy) is 2. The number of benzene rings is 1. The summed E-state index contributed by atoms with van der Waals surface area (Å²) in [6.45, 7) is 9.17. The van der Waals surface area contributed by atoms with Crippen molar-refractivity contribution in [2.75, 3.05) is 53.5 Å². The van der Waals surface area contributed by atoms with Gasteiger partial charge >= 0.3 is 0 Å². The summed E-state index contributed by atoms with van der Waals surface area (Å²) >= 11 is 1.68. The van der Waals surface area contributed by atoms with Crippen molar-refractivity contribution in [1.29, 1.82) is 0 Å². The van der Waals surface area contributed by atoms with E-state index in [2.05, 4.69) is 30.2 Å². The summed E-state index contributed by atoms with van der Waals surface area (Å²) in [4.78, 5) is 34.5. The fraction of sp³-hybridized carbons (Fsp3) is 0.625. The summed E-state index contributed by atoms with van der Waals surface area (Å²) in [5.41, 5.74) is 2.27. The number of nitrogens with zero attached hydrogens (tertiary/aromatic N) is 3. The molecular formula is C32H49N3O4S. The Bertz CT molecular complexity index is 1050. The molecule has 2 aromatic rings. The second kappa shape index (κ2) is 17.3. The Balaban J connectivity index is 1.70. The second-order valence-corrected chi connectivity index (χ2v) is 11.8. The van der Waals surface area contributed by atoms with Crippen LogP contribution in [0.15, 0.2) is 29.6 Å². The second-order valence-electron chi connectivity index (χ2n) is 10.8. The van der Waals surface area contributed by atoms with E-state index in [-0.39, 0.29) is 18.4 Å². The van der Waals surface area contributed by atoms with Gasteiger partial charge in [-0.15, -0.1) is 11.3 Å². The van der Waals surface area contributed by atoms with E-state index < -0.39 is 0 Å². The molecule has 0 N–H and O–H groups in total. The Morgan fingerprint density at radius 2 is 1.68 bits per heavy atom. The SMILES string of the molecule is CCCCCCCC(=O)N(CCN1CCCC1)CC(=O)N(CCc1ccc(OC)c(OC)c1)Cc1sccc1C. The maximum atomic E-state index is 13.8. The number of unbranched alkanes of at least 4 members (excludes halogenated alkanes) is 4. The van der Waals surface area contributed by atoms with Gasteiger partial charge in [-0.3, -0.25) is 9.59 Å². The number of hydrogen-bond acceptors (Lipinski definition) is 6. The fourth-order valence-electron chi connectivity index (χ4n) is 5.19. The van der Waals surface area contributed by atoms with Gasteiger partial charge in [-0.25, -0.2) is 0 Å². The number of amides is 2. The van der Waals surface area contributed by atoms with Crippen molar-refractivity contribution < 1.29 is 19.1 Å². The summed E-state index contributed by atoms with van der Waals surface area (Å²) in [6.07, 6.45) is 9.18. The molecule has 1 aliphatic rings. The van der Waals surface area contributed by atoms with Crippen molar-refractivity contribution in [2.24, 2.45) is 0 Å². The van der Waals surface area contributed by atoms with Gasteiger partial charge in [0.2, 0.25) is 11.8 Å². The highest BCUT2D eigenvalue weighted by atomic mass is 32.1. The zero-order chi connectivity index (χ0) is 28.7. The largest absolute Gasteiger partial charge is 0.493 e. The molecule has 0 unspecified atom stereocenters. The first-order valence-electron chi connectivity index (χ1n) is 15.0. The van der Waals surface area contributed by atoms with Crippen LogP contribution in [0.25, 0.3) is 0 Å². The predicted octanol–water partition coefficient (Wildman–Crippen LogP) is 5.93. The molecular weight excluding hydrogens is 522 g/mol. The lowest BCUT2D eigenvalue weighted by Gasteiger charge is -2.29. The molecule has 0 aliphatic carbocycles. The van der Waals surface area contributed by atoms with Gasteiger partial charge in [0.25, 0.3) is 0 Å².